The van der Waals surface area contributed by atoms with Gasteiger partial charge >= 0.3 is 5.97 Å². The molecular formula is C18H17NO4. The number of amides is 1. The molecule has 0 saturated heterocycles. The van der Waals surface area contributed by atoms with Gasteiger partial charge < -0.3 is 10.1 Å². The third-order valence-electron chi connectivity index (χ3n) is 3.41. The predicted molar refractivity (Wildman–Crippen MR) is 85.2 cm³/mol. The molecule has 0 aliphatic rings. The van der Waals surface area contributed by atoms with Gasteiger partial charge in [0.15, 0.2) is 6.29 Å². The molecule has 0 radical (unpaired) electrons. The highest BCUT2D eigenvalue weighted by atomic mass is 16.5. The number of hydrogen-bond donors (Lipinski definition) is 1. The summed E-state index contributed by atoms with van der Waals surface area (Å²) in [6.07, 6.45) is 0.918. The normalized spacial score (nSPS) is 11.3. The van der Waals surface area contributed by atoms with Crippen molar-refractivity contribution in [1.29, 1.82) is 0 Å². The molecule has 0 aliphatic carbocycles. The lowest BCUT2D eigenvalue weighted by atomic mass is 10.0. The van der Waals surface area contributed by atoms with Gasteiger partial charge in [-0.15, -0.1) is 0 Å². The van der Waals surface area contributed by atoms with Crippen LogP contribution < -0.4 is 5.32 Å². The van der Waals surface area contributed by atoms with E-state index in [-0.39, 0.29) is 11.1 Å². The van der Waals surface area contributed by atoms with Crippen molar-refractivity contribution < 1.29 is 19.1 Å². The highest BCUT2D eigenvalue weighted by Gasteiger charge is 2.23. The number of hydrogen-bond acceptors (Lipinski definition) is 4. The summed E-state index contributed by atoms with van der Waals surface area (Å²) in [7, 11) is 1.27. The lowest BCUT2D eigenvalue weighted by Crippen LogP contribution is -2.43. The van der Waals surface area contributed by atoms with E-state index in [0.29, 0.717) is 12.7 Å². The van der Waals surface area contributed by atoms with E-state index < -0.39 is 17.9 Å². The second-order valence-electron chi connectivity index (χ2n) is 4.94. The maximum atomic E-state index is 12.4. The molecule has 1 N–H and O–H groups in total. The maximum Gasteiger partial charge on any atom is 0.328 e. The number of carbonyl (C=O) groups excluding carboxylic acids is 3. The van der Waals surface area contributed by atoms with Crippen LogP contribution >= 0.6 is 0 Å². The molecule has 5 nitrogen and oxygen atoms in total. The van der Waals surface area contributed by atoms with Gasteiger partial charge in [-0.2, -0.15) is 0 Å². The number of aldehydes is 1. The van der Waals surface area contributed by atoms with Crippen molar-refractivity contribution in [1.82, 2.24) is 5.32 Å². The van der Waals surface area contributed by atoms with E-state index in [1.165, 1.54) is 13.2 Å². The Labute approximate surface area is 134 Å². The fraction of sp³-hybridized carbons (Fsp3) is 0.167. The minimum atomic E-state index is -0.824. The molecule has 0 spiro atoms. The Kier molecular flexibility index (Phi) is 5.63. The Morgan fingerprint density at radius 2 is 1.74 bits per heavy atom. The maximum absolute atomic E-state index is 12.4. The van der Waals surface area contributed by atoms with Crippen LogP contribution in [0.5, 0.6) is 0 Å². The average Bonchev–Trinajstić information content (AvgIpc) is 2.61. The van der Waals surface area contributed by atoms with E-state index in [9.17, 15) is 14.4 Å². The third-order valence-corrected chi connectivity index (χ3v) is 3.41. The molecule has 0 aromatic heterocycles. The molecule has 23 heavy (non-hydrogen) atoms. The van der Waals surface area contributed by atoms with Gasteiger partial charge in [0.2, 0.25) is 0 Å². The molecule has 0 aliphatic heterocycles. The van der Waals surface area contributed by atoms with Crippen LogP contribution in [0.3, 0.4) is 0 Å². The first-order chi connectivity index (χ1) is 11.2. The van der Waals surface area contributed by atoms with E-state index in [4.69, 9.17) is 4.74 Å². The lowest BCUT2D eigenvalue weighted by Gasteiger charge is -2.17. The second kappa shape index (κ2) is 7.89. The summed E-state index contributed by atoms with van der Waals surface area (Å²) < 4.78 is 4.75. The quantitative estimate of drug-likeness (QED) is 0.654. The van der Waals surface area contributed by atoms with Gasteiger partial charge in [-0.3, -0.25) is 9.59 Å². The zero-order chi connectivity index (χ0) is 16.7. The molecule has 0 saturated carbocycles. The first kappa shape index (κ1) is 16.4. The fourth-order valence-corrected chi connectivity index (χ4v) is 2.23. The van der Waals surface area contributed by atoms with E-state index >= 15 is 0 Å². The van der Waals surface area contributed by atoms with Crippen LogP contribution in [-0.4, -0.2) is 31.3 Å². The molecule has 1 atom stereocenters. The van der Waals surface area contributed by atoms with Gasteiger partial charge in [-0.25, -0.2) is 4.79 Å². The molecule has 2 rings (SSSR count). The zero-order valence-corrected chi connectivity index (χ0v) is 12.7. The Bertz CT molecular complexity index is 697. The number of benzene rings is 2. The van der Waals surface area contributed by atoms with Crippen LogP contribution in [-0.2, 0) is 16.0 Å². The van der Waals surface area contributed by atoms with E-state index in [2.05, 4.69) is 5.32 Å². The number of ether oxygens (including phenoxy) is 1. The van der Waals surface area contributed by atoms with E-state index in [1.54, 1.807) is 18.2 Å². The molecular weight excluding hydrogens is 294 g/mol. The summed E-state index contributed by atoms with van der Waals surface area (Å²) >= 11 is 0. The predicted octanol–water partition coefficient (Wildman–Crippen LogP) is 2.01. The summed E-state index contributed by atoms with van der Waals surface area (Å²) in [4.78, 5) is 35.3. The Morgan fingerprint density at radius 3 is 2.39 bits per heavy atom. The van der Waals surface area contributed by atoms with Gasteiger partial charge in [0.1, 0.15) is 6.04 Å². The highest BCUT2D eigenvalue weighted by Crippen LogP contribution is 2.09. The van der Waals surface area contributed by atoms with Crippen molar-refractivity contribution in [2.24, 2.45) is 0 Å². The monoisotopic (exact) mass is 311 g/mol. The number of carbonyl (C=O) groups is 3. The molecule has 2 aromatic rings. The molecule has 0 fully saturated rings. The highest BCUT2D eigenvalue weighted by molar-refractivity contribution is 6.02. The second-order valence-corrected chi connectivity index (χ2v) is 4.94. The van der Waals surface area contributed by atoms with Crippen LogP contribution in [0.1, 0.15) is 26.3 Å². The van der Waals surface area contributed by atoms with Crippen molar-refractivity contribution in [3.05, 3.63) is 71.3 Å². The van der Waals surface area contributed by atoms with Crippen molar-refractivity contribution in [3.8, 4) is 0 Å². The fourth-order valence-electron chi connectivity index (χ4n) is 2.23. The average molecular weight is 311 g/mol. The van der Waals surface area contributed by atoms with Crippen LogP contribution in [0.4, 0.5) is 0 Å². The Morgan fingerprint density at radius 1 is 1.09 bits per heavy atom. The summed E-state index contributed by atoms with van der Waals surface area (Å²) in [5.41, 5.74) is 1.39. The van der Waals surface area contributed by atoms with E-state index in [1.807, 2.05) is 30.3 Å². The summed E-state index contributed by atoms with van der Waals surface area (Å²) in [5, 5.41) is 2.63. The summed E-state index contributed by atoms with van der Waals surface area (Å²) in [6.45, 7) is 0. The smallest absolute Gasteiger partial charge is 0.328 e. The van der Waals surface area contributed by atoms with Crippen molar-refractivity contribution in [2.75, 3.05) is 7.11 Å². The molecule has 0 bridgehead atoms. The van der Waals surface area contributed by atoms with Crippen LogP contribution in [0.15, 0.2) is 54.6 Å². The van der Waals surface area contributed by atoms with Gasteiger partial charge in [0.05, 0.1) is 7.11 Å². The van der Waals surface area contributed by atoms with Gasteiger partial charge in [0, 0.05) is 17.5 Å². The van der Waals surface area contributed by atoms with Crippen molar-refractivity contribution in [3.63, 3.8) is 0 Å². The largest absolute Gasteiger partial charge is 0.467 e. The summed E-state index contributed by atoms with van der Waals surface area (Å²) in [6, 6.07) is 14.9. The minimum absolute atomic E-state index is 0.226. The number of nitrogens with one attached hydrogen (secondary N) is 1. The van der Waals surface area contributed by atoms with Crippen molar-refractivity contribution in [2.45, 2.75) is 12.5 Å². The molecule has 0 unspecified atom stereocenters. The summed E-state index contributed by atoms with van der Waals surface area (Å²) in [5.74, 6) is -1.02. The van der Waals surface area contributed by atoms with Gasteiger partial charge in [-0.05, 0) is 11.6 Å². The SMILES string of the molecule is COC(=O)[C@H](Cc1ccccc1)NC(=O)c1ccccc1C=O. The first-order valence-corrected chi connectivity index (χ1v) is 7.12. The van der Waals surface area contributed by atoms with Crippen LogP contribution in [0, 0.1) is 0 Å². The number of esters is 1. The first-order valence-electron chi connectivity index (χ1n) is 7.12. The Balaban J connectivity index is 2.19. The standard InChI is InChI=1S/C18H17NO4/c1-23-18(22)16(11-13-7-3-2-4-8-13)19-17(21)15-10-6-5-9-14(15)12-20/h2-10,12,16H,11H2,1H3,(H,19,21)/t16-/m0/s1. The number of rotatable bonds is 6. The molecule has 1 amide bonds. The number of methoxy groups -OCH3 is 1. The molecule has 2 aromatic carbocycles. The molecule has 0 heterocycles. The van der Waals surface area contributed by atoms with Crippen LogP contribution in [0.2, 0.25) is 0 Å². The lowest BCUT2D eigenvalue weighted by molar-refractivity contribution is -0.142. The van der Waals surface area contributed by atoms with E-state index in [0.717, 1.165) is 5.56 Å². The topological polar surface area (TPSA) is 72.5 Å². The van der Waals surface area contributed by atoms with Gasteiger partial charge in [-0.1, -0.05) is 48.5 Å². The van der Waals surface area contributed by atoms with Gasteiger partial charge in [0.25, 0.3) is 5.91 Å². The zero-order valence-electron chi connectivity index (χ0n) is 12.7. The Hall–Kier alpha value is -2.95. The van der Waals surface area contributed by atoms with Crippen molar-refractivity contribution >= 4 is 18.2 Å². The minimum Gasteiger partial charge on any atom is -0.467 e. The molecule has 118 valence electrons. The third kappa shape index (κ3) is 4.26. The molecule has 5 heteroatoms. The van der Waals surface area contributed by atoms with Crippen LogP contribution in [0.25, 0.3) is 0 Å².